The molecule has 0 aliphatic carbocycles. The number of carbonyl (C=O) groups is 1. The molecule has 0 unspecified atom stereocenters. The standard InChI is InChI=1S/C11H9BrF3NO2/c12-6-1-2-8-5(3-6)4-7(10(17)18)9(16-8)11(13,14)15/h1-3,7,9,16H,4H2,(H,17,18)/t7-,9+/m1/s1. The van der Waals surface area contributed by atoms with E-state index >= 15 is 0 Å². The molecule has 3 nitrogen and oxygen atoms in total. The quantitative estimate of drug-likeness (QED) is 0.835. The number of halogens is 4. The Kier molecular flexibility index (Phi) is 3.27. The third-order valence-electron chi connectivity index (χ3n) is 2.89. The number of benzene rings is 1. The smallest absolute Gasteiger partial charge is 0.409 e. The van der Waals surface area contributed by atoms with Gasteiger partial charge in [0.05, 0.1) is 5.92 Å². The van der Waals surface area contributed by atoms with Gasteiger partial charge in [-0.05, 0) is 30.2 Å². The first-order valence-electron chi connectivity index (χ1n) is 5.13. The summed E-state index contributed by atoms with van der Waals surface area (Å²) in [4.78, 5) is 11.0. The molecule has 98 valence electrons. The number of carboxylic acids is 1. The number of nitrogens with one attached hydrogen (secondary N) is 1. The third kappa shape index (κ3) is 2.45. The lowest BCUT2D eigenvalue weighted by Crippen LogP contribution is -2.49. The van der Waals surface area contributed by atoms with Crippen LogP contribution in [0.2, 0.25) is 0 Å². The van der Waals surface area contributed by atoms with Crippen molar-refractivity contribution in [3.8, 4) is 0 Å². The van der Waals surface area contributed by atoms with Crippen LogP contribution in [0.1, 0.15) is 5.56 Å². The molecule has 0 spiro atoms. The fourth-order valence-corrected chi connectivity index (χ4v) is 2.44. The molecule has 1 aromatic rings. The molecule has 0 fully saturated rings. The Morgan fingerprint density at radius 3 is 2.67 bits per heavy atom. The average molecular weight is 324 g/mol. The molecule has 1 heterocycles. The van der Waals surface area contributed by atoms with E-state index in [1.54, 1.807) is 12.1 Å². The molecule has 1 aliphatic heterocycles. The topological polar surface area (TPSA) is 49.3 Å². The van der Waals surface area contributed by atoms with E-state index in [1.165, 1.54) is 6.07 Å². The zero-order chi connectivity index (χ0) is 13.5. The molecule has 1 aliphatic rings. The largest absolute Gasteiger partial charge is 0.481 e. The van der Waals surface area contributed by atoms with Crippen LogP contribution in [0.4, 0.5) is 18.9 Å². The maximum atomic E-state index is 12.8. The van der Waals surface area contributed by atoms with Crippen molar-refractivity contribution in [3.05, 3.63) is 28.2 Å². The molecule has 0 amide bonds. The number of hydrogen-bond donors (Lipinski definition) is 2. The molecular formula is C11H9BrF3NO2. The van der Waals surface area contributed by atoms with Crippen LogP contribution in [0.5, 0.6) is 0 Å². The van der Waals surface area contributed by atoms with E-state index in [2.05, 4.69) is 21.2 Å². The molecule has 0 saturated heterocycles. The van der Waals surface area contributed by atoms with Crippen LogP contribution in [-0.2, 0) is 11.2 Å². The van der Waals surface area contributed by atoms with Gasteiger partial charge in [0.1, 0.15) is 6.04 Å². The van der Waals surface area contributed by atoms with Crippen molar-refractivity contribution in [2.24, 2.45) is 5.92 Å². The zero-order valence-electron chi connectivity index (χ0n) is 8.96. The van der Waals surface area contributed by atoms with Gasteiger partial charge in [-0.15, -0.1) is 0 Å². The van der Waals surface area contributed by atoms with Crippen LogP contribution in [-0.4, -0.2) is 23.3 Å². The fraction of sp³-hybridized carbons (Fsp3) is 0.364. The maximum Gasteiger partial charge on any atom is 0.409 e. The molecule has 7 heteroatoms. The van der Waals surface area contributed by atoms with Crippen molar-refractivity contribution < 1.29 is 23.1 Å². The summed E-state index contributed by atoms with van der Waals surface area (Å²) in [6.07, 6.45) is -4.73. The van der Waals surface area contributed by atoms with Crippen LogP contribution in [0.3, 0.4) is 0 Å². The molecular weight excluding hydrogens is 315 g/mol. The Morgan fingerprint density at radius 1 is 1.44 bits per heavy atom. The number of carboxylic acid groups (broad SMARTS) is 1. The van der Waals surface area contributed by atoms with Gasteiger partial charge in [-0.2, -0.15) is 13.2 Å². The van der Waals surface area contributed by atoms with Gasteiger partial charge in [0, 0.05) is 10.2 Å². The van der Waals surface area contributed by atoms with E-state index in [9.17, 15) is 18.0 Å². The van der Waals surface area contributed by atoms with Crippen molar-refractivity contribution in [2.75, 3.05) is 5.32 Å². The molecule has 2 N–H and O–H groups in total. The fourth-order valence-electron chi connectivity index (χ4n) is 2.03. The van der Waals surface area contributed by atoms with Crippen LogP contribution < -0.4 is 5.32 Å². The monoisotopic (exact) mass is 323 g/mol. The number of hydrogen-bond acceptors (Lipinski definition) is 2. The second-order valence-corrected chi connectivity index (χ2v) is 5.03. The van der Waals surface area contributed by atoms with E-state index < -0.39 is 24.1 Å². The minimum Gasteiger partial charge on any atom is -0.481 e. The number of aliphatic carboxylic acids is 1. The van der Waals surface area contributed by atoms with Crippen LogP contribution >= 0.6 is 15.9 Å². The molecule has 0 aromatic heterocycles. The lowest BCUT2D eigenvalue weighted by molar-refractivity contribution is -0.169. The van der Waals surface area contributed by atoms with Crippen LogP contribution in [0.25, 0.3) is 0 Å². The van der Waals surface area contributed by atoms with E-state index in [-0.39, 0.29) is 6.42 Å². The molecule has 0 radical (unpaired) electrons. The molecule has 2 rings (SSSR count). The first-order chi connectivity index (χ1) is 8.29. The van der Waals surface area contributed by atoms with Crippen molar-refractivity contribution >= 4 is 27.6 Å². The van der Waals surface area contributed by atoms with Gasteiger partial charge >= 0.3 is 12.1 Å². The Labute approximate surface area is 109 Å². The summed E-state index contributed by atoms with van der Waals surface area (Å²) in [5, 5.41) is 11.2. The number of alkyl halides is 3. The van der Waals surface area contributed by atoms with Gasteiger partial charge in [0.2, 0.25) is 0 Å². The SMILES string of the molecule is O=C(O)[C@@H]1Cc2cc(Br)ccc2N[C@@H]1C(F)(F)F. The predicted octanol–water partition coefficient (Wildman–Crippen LogP) is 3.05. The highest BCUT2D eigenvalue weighted by atomic mass is 79.9. The highest BCUT2D eigenvalue weighted by Gasteiger charge is 2.49. The minimum absolute atomic E-state index is 0.138. The molecule has 1 aromatic carbocycles. The number of anilines is 1. The van der Waals surface area contributed by atoms with Gasteiger partial charge in [-0.3, -0.25) is 4.79 Å². The van der Waals surface area contributed by atoms with Crippen molar-refractivity contribution in [3.63, 3.8) is 0 Å². The lowest BCUT2D eigenvalue weighted by atomic mass is 9.87. The number of fused-ring (bicyclic) bond motifs is 1. The summed E-state index contributed by atoms with van der Waals surface area (Å²) in [5.41, 5.74) is 0.898. The van der Waals surface area contributed by atoms with Crippen LogP contribution in [0, 0.1) is 5.92 Å². The van der Waals surface area contributed by atoms with Gasteiger partial charge in [-0.1, -0.05) is 15.9 Å². The normalized spacial score (nSPS) is 23.1. The zero-order valence-corrected chi connectivity index (χ0v) is 10.5. The molecule has 0 bridgehead atoms. The summed E-state index contributed by atoms with van der Waals surface area (Å²) in [7, 11) is 0. The molecule has 0 saturated carbocycles. The molecule has 18 heavy (non-hydrogen) atoms. The van der Waals surface area contributed by atoms with Gasteiger partial charge in [0.25, 0.3) is 0 Å². The summed E-state index contributed by atoms with van der Waals surface area (Å²) >= 11 is 3.20. The first-order valence-corrected chi connectivity index (χ1v) is 5.93. The highest BCUT2D eigenvalue weighted by Crippen LogP contribution is 2.37. The van der Waals surface area contributed by atoms with Gasteiger partial charge in [-0.25, -0.2) is 0 Å². The Bertz CT molecular complexity index is 490. The predicted molar refractivity (Wildman–Crippen MR) is 62.4 cm³/mol. The number of rotatable bonds is 1. The highest BCUT2D eigenvalue weighted by molar-refractivity contribution is 9.10. The first kappa shape index (κ1) is 13.2. The van der Waals surface area contributed by atoms with Gasteiger partial charge in [0.15, 0.2) is 0 Å². The van der Waals surface area contributed by atoms with Crippen molar-refractivity contribution in [1.82, 2.24) is 0 Å². The van der Waals surface area contributed by atoms with E-state index in [4.69, 9.17) is 5.11 Å². The van der Waals surface area contributed by atoms with Gasteiger partial charge < -0.3 is 10.4 Å². The maximum absolute atomic E-state index is 12.8. The Hall–Kier alpha value is -1.24. The van der Waals surface area contributed by atoms with E-state index in [0.717, 1.165) is 0 Å². The van der Waals surface area contributed by atoms with Crippen molar-refractivity contribution in [2.45, 2.75) is 18.6 Å². The Balaban J connectivity index is 2.40. The molecule has 2 atom stereocenters. The summed E-state index contributed by atoms with van der Waals surface area (Å²) < 4.78 is 39.1. The second-order valence-electron chi connectivity index (χ2n) is 4.11. The summed E-state index contributed by atoms with van der Waals surface area (Å²) in [6, 6.07) is 2.70. The Morgan fingerprint density at radius 2 is 2.11 bits per heavy atom. The van der Waals surface area contributed by atoms with Crippen molar-refractivity contribution in [1.29, 1.82) is 0 Å². The van der Waals surface area contributed by atoms with Crippen LogP contribution in [0.15, 0.2) is 22.7 Å². The minimum atomic E-state index is -4.59. The lowest BCUT2D eigenvalue weighted by Gasteiger charge is -2.33. The second kappa shape index (κ2) is 4.46. The summed E-state index contributed by atoms with van der Waals surface area (Å²) in [5.74, 6) is -2.96. The third-order valence-corrected chi connectivity index (χ3v) is 3.38. The van der Waals surface area contributed by atoms with E-state index in [0.29, 0.717) is 15.7 Å². The summed E-state index contributed by atoms with van der Waals surface area (Å²) in [6.45, 7) is 0. The van der Waals surface area contributed by atoms with E-state index in [1.807, 2.05) is 0 Å². The average Bonchev–Trinajstić information content (AvgIpc) is 2.25.